The summed E-state index contributed by atoms with van der Waals surface area (Å²) in [6.45, 7) is 0. The number of rotatable bonds is 4. The van der Waals surface area contributed by atoms with Crippen molar-refractivity contribution in [3.8, 4) is 33.9 Å². The van der Waals surface area contributed by atoms with Crippen LogP contribution in [0.3, 0.4) is 0 Å². The van der Waals surface area contributed by atoms with E-state index in [9.17, 15) is 0 Å². The van der Waals surface area contributed by atoms with Crippen molar-refractivity contribution in [2.75, 3.05) is 4.90 Å². The van der Waals surface area contributed by atoms with Gasteiger partial charge in [-0.2, -0.15) is 9.97 Å². The van der Waals surface area contributed by atoms with Crippen molar-refractivity contribution in [3.05, 3.63) is 169 Å². The summed E-state index contributed by atoms with van der Waals surface area (Å²) in [4.78, 5) is 17.7. The molecule has 0 radical (unpaired) electrons. The third-order valence-electron chi connectivity index (χ3n) is 10.1. The van der Waals surface area contributed by atoms with Gasteiger partial charge in [0.1, 0.15) is 11.2 Å². The minimum Gasteiger partial charge on any atom is -0.455 e. The van der Waals surface area contributed by atoms with Crippen molar-refractivity contribution in [1.29, 1.82) is 0 Å². The van der Waals surface area contributed by atoms with E-state index in [0.717, 1.165) is 66.7 Å². The van der Waals surface area contributed by atoms with Gasteiger partial charge in [0, 0.05) is 53.2 Å². The Morgan fingerprint density at radius 3 is 1.89 bits per heavy atom. The molecular formula is C47H28N4OS. The summed E-state index contributed by atoms with van der Waals surface area (Å²) in [5, 5.41) is 4.67. The lowest BCUT2D eigenvalue weighted by Crippen LogP contribution is -2.16. The monoisotopic (exact) mass is 696 g/mol. The van der Waals surface area contributed by atoms with Crippen LogP contribution >= 0.6 is 11.3 Å². The Labute approximate surface area is 308 Å². The molecule has 3 aromatic heterocycles. The fraction of sp³-hybridized carbons (Fsp3) is 0. The Morgan fingerprint density at radius 1 is 0.453 bits per heavy atom. The van der Waals surface area contributed by atoms with Gasteiger partial charge in [-0.25, -0.2) is 4.98 Å². The molecular weight excluding hydrogens is 669 g/mol. The fourth-order valence-corrected chi connectivity index (χ4v) is 8.69. The summed E-state index contributed by atoms with van der Waals surface area (Å²) in [6.07, 6.45) is 4.44. The smallest absolute Gasteiger partial charge is 0.238 e. The molecule has 0 atom stereocenters. The van der Waals surface area contributed by atoms with Crippen molar-refractivity contribution >= 4 is 82.9 Å². The normalized spacial score (nSPS) is 12.4. The Balaban J connectivity index is 1.17. The van der Waals surface area contributed by atoms with Crippen LogP contribution in [0.25, 0.3) is 88.2 Å². The molecule has 53 heavy (non-hydrogen) atoms. The molecule has 1 aliphatic rings. The number of benzene rings is 7. The molecule has 248 valence electrons. The summed E-state index contributed by atoms with van der Waals surface area (Å²) in [5.74, 6) is 1.78. The van der Waals surface area contributed by atoms with Gasteiger partial charge in [-0.3, -0.25) is 4.90 Å². The Kier molecular flexibility index (Phi) is 6.66. The predicted molar refractivity (Wildman–Crippen MR) is 220 cm³/mol. The third-order valence-corrected chi connectivity index (χ3v) is 11.2. The van der Waals surface area contributed by atoms with Crippen LogP contribution in [0.5, 0.6) is 0 Å². The van der Waals surface area contributed by atoms with Crippen molar-refractivity contribution in [1.82, 2.24) is 15.0 Å². The Hall–Kier alpha value is -6.89. The minimum atomic E-state index is 0.551. The van der Waals surface area contributed by atoms with Crippen LogP contribution in [0.15, 0.2) is 162 Å². The first-order valence-electron chi connectivity index (χ1n) is 17.6. The highest BCUT2D eigenvalue weighted by molar-refractivity contribution is 7.25. The van der Waals surface area contributed by atoms with E-state index in [1.165, 1.54) is 20.2 Å². The zero-order chi connectivity index (χ0) is 34.9. The van der Waals surface area contributed by atoms with Crippen LogP contribution in [-0.4, -0.2) is 15.0 Å². The highest BCUT2D eigenvalue weighted by atomic mass is 32.1. The van der Waals surface area contributed by atoms with E-state index in [0.29, 0.717) is 17.6 Å². The van der Waals surface area contributed by atoms with E-state index < -0.39 is 0 Å². The molecule has 4 heterocycles. The number of aromatic nitrogens is 3. The number of fused-ring (bicyclic) bond motifs is 8. The number of hydrogen-bond donors (Lipinski definition) is 0. The standard InChI is InChI=1S/C47H28N4OS/c1-3-12-29(13-4-1)45-48-46(30-14-5-2-6-15-30)50-47(49-45)51-39-25-24-31(34-18-11-19-37-35-16-7-9-20-41(35)52-44(34)37)26-32(39)22-23-33-27-43-38(28-40(33)51)36-17-8-10-21-42(36)53-43/h1-28H. The largest absolute Gasteiger partial charge is 0.455 e. The van der Waals surface area contributed by atoms with Gasteiger partial charge in [0.25, 0.3) is 0 Å². The van der Waals surface area contributed by atoms with Gasteiger partial charge in [-0.05, 0) is 47.5 Å². The summed E-state index contributed by atoms with van der Waals surface area (Å²) >= 11 is 1.82. The molecule has 11 rings (SSSR count). The van der Waals surface area contributed by atoms with Crippen LogP contribution in [0.1, 0.15) is 11.1 Å². The number of para-hydroxylation sites is 2. The van der Waals surface area contributed by atoms with Gasteiger partial charge in [0.05, 0.1) is 11.4 Å². The number of nitrogens with zero attached hydrogens (tertiary/aromatic N) is 4. The summed E-state index contributed by atoms with van der Waals surface area (Å²) in [7, 11) is 0. The molecule has 0 amide bonds. The molecule has 5 nitrogen and oxygen atoms in total. The molecule has 6 heteroatoms. The molecule has 0 bridgehead atoms. The van der Waals surface area contributed by atoms with Gasteiger partial charge in [0.15, 0.2) is 11.6 Å². The fourth-order valence-electron chi connectivity index (χ4n) is 7.56. The summed E-state index contributed by atoms with van der Waals surface area (Å²) in [6, 6.07) is 54.8. The predicted octanol–water partition coefficient (Wildman–Crippen LogP) is 13.1. The lowest BCUT2D eigenvalue weighted by Gasteiger charge is -2.26. The van der Waals surface area contributed by atoms with Crippen molar-refractivity contribution in [2.24, 2.45) is 0 Å². The van der Waals surface area contributed by atoms with Crippen LogP contribution in [0, 0.1) is 0 Å². The maximum atomic E-state index is 6.47. The van der Waals surface area contributed by atoms with E-state index in [1.807, 2.05) is 84.1 Å². The lowest BCUT2D eigenvalue weighted by atomic mass is 9.99. The van der Waals surface area contributed by atoms with Gasteiger partial charge >= 0.3 is 0 Å². The molecule has 0 N–H and O–H groups in total. The van der Waals surface area contributed by atoms with Gasteiger partial charge in [-0.1, -0.05) is 133 Å². The van der Waals surface area contributed by atoms with E-state index in [2.05, 4.69) is 102 Å². The second-order valence-corrected chi connectivity index (χ2v) is 14.3. The van der Waals surface area contributed by atoms with E-state index in [-0.39, 0.29) is 0 Å². The lowest BCUT2D eigenvalue weighted by molar-refractivity contribution is 0.670. The first-order chi connectivity index (χ1) is 26.2. The average Bonchev–Trinajstić information content (AvgIpc) is 3.74. The molecule has 0 fully saturated rings. The van der Waals surface area contributed by atoms with Crippen molar-refractivity contribution in [3.63, 3.8) is 0 Å². The Morgan fingerprint density at radius 2 is 1.11 bits per heavy atom. The van der Waals surface area contributed by atoms with Crippen LogP contribution in [0.4, 0.5) is 17.3 Å². The minimum absolute atomic E-state index is 0.551. The van der Waals surface area contributed by atoms with Crippen molar-refractivity contribution < 1.29 is 4.42 Å². The number of hydrogen-bond acceptors (Lipinski definition) is 6. The van der Waals surface area contributed by atoms with E-state index >= 15 is 0 Å². The van der Waals surface area contributed by atoms with Gasteiger partial charge in [0.2, 0.25) is 5.95 Å². The second kappa shape index (κ2) is 11.8. The van der Waals surface area contributed by atoms with Gasteiger partial charge < -0.3 is 4.42 Å². The number of furan rings is 1. The molecule has 0 unspecified atom stereocenters. The number of anilines is 3. The highest BCUT2D eigenvalue weighted by Gasteiger charge is 2.26. The Bertz CT molecular complexity index is 3020. The van der Waals surface area contributed by atoms with Crippen LogP contribution in [0.2, 0.25) is 0 Å². The SMILES string of the molecule is C1=Cc2cc3sc4ccccc4c3cc2N(c2nc(-c3ccccc3)nc(-c3ccccc3)n2)c2ccc(-c3cccc4c3oc3ccccc34)cc21. The first-order valence-corrected chi connectivity index (χ1v) is 18.4. The highest BCUT2D eigenvalue weighted by Crippen LogP contribution is 2.47. The topological polar surface area (TPSA) is 55.1 Å². The molecule has 10 aromatic rings. The molecule has 0 spiro atoms. The van der Waals surface area contributed by atoms with E-state index in [1.54, 1.807) is 0 Å². The number of thiophene rings is 1. The molecule has 1 aliphatic heterocycles. The van der Waals surface area contributed by atoms with Gasteiger partial charge in [-0.15, -0.1) is 11.3 Å². The molecule has 7 aromatic carbocycles. The quantitative estimate of drug-likeness (QED) is 0.183. The van der Waals surface area contributed by atoms with Crippen molar-refractivity contribution in [2.45, 2.75) is 0 Å². The van der Waals surface area contributed by atoms with Crippen LogP contribution < -0.4 is 4.90 Å². The molecule has 0 saturated carbocycles. The van der Waals surface area contributed by atoms with Crippen LogP contribution in [-0.2, 0) is 0 Å². The maximum absolute atomic E-state index is 6.47. The maximum Gasteiger partial charge on any atom is 0.238 e. The third kappa shape index (κ3) is 4.88. The summed E-state index contributed by atoms with van der Waals surface area (Å²) < 4.78 is 8.98. The zero-order valence-corrected chi connectivity index (χ0v) is 29.1. The average molecular weight is 697 g/mol. The molecule has 0 saturated heterocycles. The van der Waals surface area contributed by atoms with E-state index in [4.69, 9.17) is 19.4 Å². The zero-order valence-electron chi connectivity index (χ0n) is 28.3. The first kappa shape index (κ1) is 29.8. The molecule has 0 aliphatic carbocycles. The summed E-state index contributed by atoms with van der Waals surface area (Å²) in [5.41, 5.74) is 9.86. The second-order valence-electron chi connectivity index (χ2n) is 13.2.